The van der Waals surface area contributed by atoms with Crippen molar-refractivity contribution < 1.29 is 17.9 Å². The largest absolute Gasteiger partial charge is 0.497 e. The first kappa shape index (κ1) is 22.3. The highest BCUT2D eigenvalue weighted by Crippen LogP contribution is 2.22. The fraction of sp³-hybridized carbons (Fsp3) is 0.409. The average molecular weight is 432 g/mol. The van der Waals surface area contributed by atoms with Gasteiger partial charge < -0.3 is 9.64 Å². The van der Waals surface area contributed by atoms with E-state index in [1.807, 2.05) is 23.1 Å². The minimum atomic E-state index is -3.47. The number of benzene rings is 2. The molecule has 1 aliphatic rings. The van der Waals surface area contributed by atoms with Crippen LogP contribution in [0.2, 0.25) is 0 Å². The lowest BCUT2D eigenvalue weighted by Crippen LogP contribution is -2.49. The van der Waals surface area contributed by atoms with E-state index in [1.165, 1.54) is 5.56 Å². The van der Waals surface area contributed by atoms with Crippen LogP contribution >= 0.6 is 0 Å². The molecular formula is C22H29N3O4S. The number of amides is 1. The van der Waals surface area contributed by atoms with Crippen LogP contribution in [0.1, 0.15) is 23.6 Å². The van der Waals surface area contributed by atoms with Crippen molar-refractivity contribution in [2.75, 3.05) is 39.5 Å². The highest BCUT2D eigenvalue weighted by atomic mass is 32.2. The zero-order valence-electron chi connectivity index (χ0n) is 17.5. The van der Waals surface area contributed by atoms with E-state index in [2.05, 4.69) is 21.8 Å². The Hall–Kier alpha value is -2.42. The van der Waals surface area contributed by atoms with Gasteiger partial charge in [-0.3, -0.25) is 9.69 Å². The lowest BCUT2D eigenvalue weighted by atomic mass is 10.0. The van der Waals surface area contributed by atoms with Gasteiger partial charge in [0.1, 0.15) is 5.75 Å². The second kappa shape index (κ2) is 10.1. The quantitative estimate of drug-likeness (QED) is 0.692. The molecule has 2 aromatic carbocycles. The van der Waals surface area contributed by atoms with Crippen molar-refractivity contribution in [1.29, 1.82) is 0 Å². The summed E-state index contributed by atoms with van der Waals surface area (Å²) in [6, 6.07) is 16.8. The van der Waals surface area contributed by atoms with Crippen molar-refractivity contribution in [3.63, 3.8) is 0 Å². The van der Waals surface area contributed by atoms with Crippen LogP contribution in [0.15, 0.2) is 54.6 Å². The van der Waals surface area contributed by atoms with E-state index < -0.39 is 16.1 Å². The van der Waals surface area contributed by atoms with Gasteiger partial charge >= 0.3 is 0 Å². The monoisotopic (exact) mass is 431 g/mol. The third-order valence-corrected chi connectivity index (χ3v) is 5.94. The summed E-state index contributed by atoms with van der Waals surface area (Å²) in [6.07, 6.45) is 1.19. The van der Waals surface area contributed by atoms with Crippen LogP contribution in [0.4, 0.5) is 0 Å². The number of methoxy groups -OCH3 is 1. The fourth-order valence-corrected chi connectivity index (χ4v) is 4.36. The number of carbonyl (C=O) groups excluding carboxylic acids is 1. The maximum atomic E-state index is 12.9. The van der Waals surface area contributed by atoms with E-state index in [0.29, 0.717) is 18.8 Å². The number of nitrogens with zero attached hydrogens (tertiary/aromatic N) is 2. The standard InChI is InChI=1S/C22H29N3O4S/c1-29-20-10-8-19(9-11-20)21(23-30(2,27)28)16-22(26)25-14-12-24(13-15-25)17-18-6-4-3-5-7-18/h3-11,21,23H,12-17H2,1-2H3/t21-/m0/s1. The summed E-state index contributed by atoms with van der Waals surface area (Å²) in [5.74, 6) is 0.629. The molecule has 30 heavy (non-hydrogen) atoms. The van der Waals surface area contributed by atoms with Crippen LogP contribution in [0.5, 0.6) is 5.75 Å². The van der Waals surface area contributed by atoms with Gasteiger partial charge in [0.15, 0.2) is 0 Å². The topological polar surface area (TPSA) is 79.0 Å². The van der Waals surface area contributed by atoms with Crippen molar-refractivity contribution in [2.45, 2.75) is 19.0 Å². The molecule has 0 saturated carbocycles. The zero-order valence-corrected chi connectivity index (χ0v) is 18.3. The second-order valence-corrected chi connectivity index (χ2v) is 9.34. The van der Waals surface area contributed by atoms with Gasteiger partial charge in [-0.25, -0.2) is 13.1 Å². The summed E-state index contributed by atoms with van der Waals surface area (Å²) in [7, 11) is -1.90. The molecule has 0 radical (unpaired) electrons. The molecule has 0 aliphatic carbocycles. The van der Waals surface area contributed by atoms with Gasteiger partial charge in [-0.05, 0) is 23.3 Å². The van der Waals surface area contributed by atoms with Crippen LogP contribution in [-0.4, -0.2) is 63.7 Å². The van der Waals surface area contributed by atoms with Crippen LogP contribution in [0.25, 0.3) is 0 Å². The molecule has 1 N–H and O–H groups in total. The number of hydrogen-bond acceptors (Lipinski definition) is 5. The molecule has 0 unspecified atom stereocenters. The Morgan fingerprint density at radius 2 is 1.67 bits per heavy atom. The van der Waals surface area contributed by atoms with Crippen molar-refractivity contribution in [3.05, 3.63) is 65.7 Å². The Balaban J connectivity index is 1.60. The Morgan fingerprint density at radius 3 is 2.23 bits per heavy atom. The zero-order chi connectivity index (χ0) is 21.6. The molecule has 1 fully saturated rings. The van der Waals surface area contributed by atoms with Gasteiger partial charge in [-0.1, -0.05) is 42.5 Å². The maximum absolute atomic E-state index is 12.9. The van der Waals surface area contributed by atoms with E-state index in [-0.39, 0.29) is 12.3 Å². The van der Waals surface area contributed by atoms with E-state index in [0.717, 1.165) is 31.5 Å². The molecule has 8 heteroatoms. The number of hydrogen-bond donors (Lipinski definition) is 1. The van der Waals surface area contributed by atoms with Crippen LogP contribution < -0.4 is 9.46 Å². The highest BCUT2D eigenvalue weighted by molar-refractivity contribution is 7.88. The van der Waals surface area contributed by atoms with Gasteiger partial charge in [0.05, 0.1) is 19.4 Å². The minimum Gasteiger partial charge on any atom is -0.497 e. The van der Waals surface area contributed by atoms with Gasteiger partial charge in [0.25, 0.3) is 0 Å². The third-order valence-electron chi connectivity index (χ3n) is 5.23. The first-order valence-electron chi connectivity index (χ1n) is 9.99. The van der Waals surface area contributed by atoms with Crippen LogP contribution in [0.3, 0.4) is 0 Å². The predicted molar refractivity (Wildman–Crippen MR) is 117 cm³/mol. The minimum absolute atomic E-state index is 0.0497. The maximum Gasteiger partial charge on any atom is 0.224 e. The summed E-state index contributed by atoms with van der Waals surface area (Å²) in [5, 5.41) is 0. The van der Waals surface area contributed by atoms with Gasteiger partial charge in [-0.2, -0.15) is 0 Å². The van der Waals surface area contributed by atoms with E-state index >= 15 is 0 Å². The Morgan fingerprint density at radius 1 is 1.03 bits per heavy atom. The average Bonchev–Trinajstić information content (AvgIpc) is 2.73. The Labute approximate surface area is 178 Å². The fourth-order valence-electron chi connectivity index (χ4n) is 3.62. The number of carbonyl (C=O) groups is 1. The molecule has 0 spiro atoms. The van der Waals surface area contributed by atoms with Gasteiger partial charge in [0.2, 0.25) is 15.9 Å². The smallest absolute Gasteiger partial charge is 0.224 e. The van der Waals surface area contributed by atoms with Gasteiger partial charge in [0, 0.05) is 39.1 Å². The second-order valence-electron chi connectivity index (χ2n) is 7.56. The van der Waals surface area contributed by atoms with Crippen molar-refractivity contribution in [3.8, 4) is 5.75 Å². The molecule has 1 aliphatic heterocycles. The Kier molecular flexibility index (Phi) is 7.47. The third kappa shape index (κ3) is 6.55. The summed E-state index contributed by atoms with van der Waals surface area (Å²) in [4.78, 5) is 17.1. The molecular weight excluding hydrogens is 402 g/mol. The number of ether oxygens (including phenoxy) is 1. The predicted octanol–water partition coefficient (Wildman–Crippen LogP) is 2.02. The normalized spacial score (nSPS) is 16.3. The summed E-state index contributed by atoms with van der Waals surface area (Å²) in [6.45, 7) is 3.74. The Bertz CT molecular complexity index is 925. The molecule has 1 heterocycles. The molecule has 7 nitrogen and oxygen atoms in total. The van der Waals surface area contributed by atoms with E-state index in [4.69, 9.17) is 4.74 Å². The van der Waals surface area contributed by atoms with E-state index in [9.17, 15) is 13.2 Å². The molecule has 0 aromatic heterocycles. The summed E-state index contributed by atoms with van der Waals surface area (Å²) < 4.78 is 31.4. The number of nitrogens with one attached hydrogen (secondary N) is 1. The van der Waals surface area contributed by atoms with Gasteiger partial charge in [-0.15, -0.1) is 0 Å². The highest BCUT2D eigenvalue weighted by Gasteiger charge is 2.26. The van der Waals surface area contributed by atoms with Crippen molar-refractivity contribution >= 4 is 15.9 Å². The molecule has 1 atom stereocenters. The van der Waals surface area contributed by atoms with Crippen LogP contribution in [-0.2, 0) is 21.4 Å². The number of sulfonamides is 1. The molecule has 1 saturated heterocycles. The number of piperazine rings is 1. The number of rotatable bonds is 8. The lowest BCUT2D eigenvalue weighted by Gasteiger charge is -2.35. The molecule has 0 bridgehead atoms. The SMILES string of the molecule is COc1ccc([C@H](CC(=O)N2CCN(Cc3ccccc3)CC2)NS(C)(=O)=O)cc1. The van der Waals surface area contributed by atoms with Crippen LogP contribution in [0, 0.1) is 0 Å². The summed E-state index contributed by atoms with van der Waals surface area (Å²) >= 11 is 0. The first-order valence-corrected chi connectivity index (χ1v) is 11.9. The molecule has 162 valence electrons. The molecule has 2 aromatic rings. The first-order chi connectivity index (χ1) is 14.3. The lowest BCUT2D eigenvalue weighted by molar-refractivity contribution is -0.133. The molecule has 1 amide bonds. The van der Waals surface area contributed by atoms with E-state index in [1.54, 1.807) is 31.4 Å². The molecule has 3 rings (SSSR count). The summed E-state index contributed by atoms with van der Waals surface area (Å²) in [5.41, 5.74) is 1.99. The van der Waals surface area contributed by atoms with Crippen molar-refractivity contribution in [2.24, 2.45) is 0 Å². The van der Waals surface area contributed by atoms with Crippen molar-refractivity contribution in [1.82, 2.24) is 14.5 Å².